The number of benzene rings is 1. The zero-order valence-electron chi connectivity index (χ0n) is 10.2. The van der Waals surface area contributed by atoms with Crippen LogP contribution in [-0.2, 0) is 6.61 Å². The maximum atomic E-state index is 12.9. The SMILES string of the molecule is O=C(Nc1cc(F)nc(F)c1)Nc1ccccc1CO. The summed E-state index contributed by atoms with van der Waals surface area (Å²) in [5.74, 6) is -2.06. The van der Waals surface area contributed by atoms with E-state index < -0.39 is 17.9 Å². The van der Waals surface area contributed by atoms with Gasteiger partial charge in [-0.1, -0.05) is 18.2 Å². The van der Waals surface area contributed by atoms with Crippen LogP contribution < -0.4 is 10.6 Å². The van der Waals surface area contributed by atoms with Crippen molar-refractivity contribution in [3.63, 3.8) is 0 Å². The van der Waals surface area contributed by atoms with E-state index in [1.807, 2.05) is 0 Å². The number of pyridine rings is 1. The number of hydrogen-bond acceptors (Lipinski definition) is 3. The van der Waals surface area contributed by atoms with Gasteiger partial charge < -0.3 is 15.7 Å². The first-order valence-corrected chi connectivity index (χ1v) is 5.68. The van der Waals surface area contributed by atoms with E-state index in [0.717, 1.165) is 12.1 Å². The Hall–Kier alpha value is -2.54. The van der Waals surface area contributed by atoms with Gasteiger partial charge in [0.15, 0.2) is 0 Å². The topological polar surface area (TPSA) is 74.2 Å². The fraction of sp³-hybridized carbons (Fsp3) is 0.0769. The number of aliphatic hydroxyl groups excluding tert-OH is 1. The van der Waals surface area contributed by atoms with Crippen molar-refractivity contribution in [3.05, 3.63) is 53.9 Å². The first-order valence-electron chi connectivity index (χ1n) is 5.68. The number of anilines is 2. The van der Waals surface area contributed by atoms with E-state index in [-0.39, 0.29) is 12.3 Å². The van der Waals surface area contributed by atoms with Crippen molar-refractivity contribution < 1.29 is 18.7 Å². The highest BCUT2D eigenvalue weighted by atomic mass is 19.1. The number of amides is 2. The normalized spacial score (nSPS) is 10.2. The molecule has 2 amide bonds. The molecule has 0 aliphatic heterocycles. The lowest BCUT2D eigenvalue weighted by Gasteiger charge is -2.10. The van der Waals surface area contributed by atoms with Crippen LogP contribution in [0.3, 0.4) is 0 Å². The summed E-state index contributed by atoms with van der Waals surface area (Å²) in [7, 11) is 0. The Labute approximate surface area is 113 Å². The number of carbonyl (C=O) groups excluding carboxylic acids is 1. The third kappa shape index (κ3) is 3.48. The van der Waals surface area contributed by atoms with Gasteiger partial charge in [0.2, 0.25) is 11.9 Å². The predicted molar refractivity (Wildman–Crippen MR) is 69.2 cm³/mol. The second-order valence-corrected chi connectivity index (χ2v) is 3.90. The molecule has 0 spiro atoms. The molecule has 0 aliphatic carbocycles. The van der Waals surface area contributed by atoms with Crippen LogP contribution in [0, 0.1) is 11.9 Å². The van der Waals surface area contributed by atoms with Gasteiger partial charge in [-0.15, -0.1) is 0 Å². The van der Waals surface area contributed by atoms with Gasteiger partial charge in [-0.05, 0) is 6.07 Å². The predicted octanol–water partition coefficient (Wildman–Crippen LogP) is 2.50. The van der Waals surface area contributed by atoms with Gasteiger partial charge in [0, 0.05) is 23.4 Å². The minimum Gasteiger partial charge on any atom is -0.392 e. The maximum absolute atomic E-state index is 12.9. The minimum absolute atomic E-state index is 0.0611. The first kappa shape index (κ1) is 13.9. The largest absolute Gasteiger partial charge is 0.392 e. The molecule has 104 valence electrons. The van der Waals surface area contributed by atoms with Crippen LogP contribution in [0.2, 0.25) is 0 Å². The summed E-state index contributed by atoms with van der Waals surface area (Å²) in [5.41, 5.74) is 0.867. The van der Waals surface area contributed by atoms with Gasteiger partial charge in [0.1, 0.15) is 0 Å². The molecule has 7 heteroatoms. The van der Waals surface area contributed by atoms with E-state index >= 15 is 0 Å². The zero-order chi connectivity index (χ0) is 14.5. The number of aliphatic hydroxyl groups is 1. The lowest BCUT2D eigenvalue weighted by molar-refractivity contribution is 0.262. The highest BCUT2D eigenvalue weighted by Gasteiger charge is 2.08. The molecule has 0 unspecified atom stereocenters. The Balaban J connectivity index is 2.09. The molecular formula is C13H11F2N3O2. The van der Waals surface area contributed by atoms with Gasteiger partial charge in [0.05, 0.1) is 12.3 Å². The van der Waals surface area contributed by atoms with Crippen LogP contribution in [0.25, 0.3) is 0 Å². The summed E-state index contributed by atoms with van der Waals surface area (Å²) >= 11 is 0. The molecule has 1 aromatic carbocycles. The van der Waals surface area contributed by atoms with Crippen molar-refractivity contribution in [1.82, 2.24) is 4.98 Å². The molecule has 0 atom stereocenters. The summed E-state index contributed by atoms with van der Waals surface area (Å²) in [4.78, 5) is 14.6. The van der Waals surface area contributed by atoms with Crippen molar-refractivity contribution in [1.29, 1.82) is 0 Å². The van der Waals surface area contributed by atoms with Crippen LogP contribution in [0.5, 0.6) is 0 Å². The number of aromatic nitrogens is 1. The maximum Gasteiger partial charge on any atom is 0.323 e. The number of rotatable bonds is 3. The third-order valence-corrected chi connectivity index (χ3v) is 2.46. The third-order valence-electron chi connectivity index (χ3n) is 2.46. The van der Waals surface area contributed by atoms with Crippen molar-refractivity contribution in [2.45, 2.75) is 6.61 Å². The summed E-state index contributed by atoms with van der Waals surface area (Å²) < 4.78 is 25.7. The van der Waals surface area contributed by atoms with Gasteiger partial charge in [0.25, 0.3) is 0 Å². The molecule has 0 fully saturated rings. The van der Waals surface area contributed by atoms with Crippen molar-refractivity contribution in [2.24, 2.45) is 0 Å². The second kappa shape index (κ2) is 6.07. The van der Waals surface area contributed by atoms with Gasteiger partial charge in [-0.3, -0.25) is 0 Å². The molecule has 2 rings (SSSR count). The Morgan fingerprint density at radius 3 is 2.45 bits per heavy atom. The Bertz CT molecular complexity index is 615. The van der Waals surface area contributed by atoms with E-state index in [4.69, 9.17) is 5.11 Å². The van der Waals surface area contributed by atoms with E-state index in [1.54, 1.807) is 24.3 Å². The van der Waals surface area contributed by atoms with Crippen LogP contribution in [0.4, 0.5) is 25.0 Å². The van der Waals surface area contributed by atoms with E-state index in [1.165, 1.54) is 0 Å². The van der Waals surface area contributed by atoms with Crippen LogP contribution >= 0.6 is 0 Å². The summed E-state index contributed by atoms with van der Waals surface area (Å²) in [6, 6.07) is 7.72. The molecule has 3 N–H and O–H groups in total. The standard InChI is InChI=1S/C13H11F2N3O2/c14-11-5-9(6-12(15)18-11)16-13(20)17-10-4-2-1-3-8(10)7-19/h1-6,19H,7H2,(H2,16,17,18,20). The summed E-state index contributed by atoms with van der Waals surface area (Å²) in [5, 5.41) is 13.9. The number of halogens is 2. The number of carbonyl (C=O) groups is 1. The fourth-order valence-electron chi connectivity index (χ4n) is 1.60. The highest BCUT2D eigenvalue weighted by Crippen LogP contribution is 2.16. The van der Waals surface area contributed by atoms with E-state index in [9.17, 15) is 13.6 Å². The molecule has 1 heterocycles. The van der Waals surface area contributed by atoms with Crippen molar-refractivity contribution in [2.75, 3.05) is 10.6 Å². The highest BCUT2D eigenvalue weighted by molar-refractivity contribution is 6.00. The van der Waals surface area contributed by atoms with Gasteiger partial charge >= 0.3 is 6.03 Å². The Kier molecular flexibility index (Phi) is 4.21. The van der Waals surface area contributed by atoms with Crippen LogP contribution in [-0.4, -0.2) is 16.1 Å². The van der Waals surface area contributed by atoms with Gasteiger partial charge in [-0.2, -0.15) is 13.8 Å². The molecule has 0 saturated carbocycles. The number of nitrogens with one attached hydrogen (secondary N) is 2. The average Bonchev–Trinajstić information content (AvgIpc) is 2.37. The second-order valence-electron chi connectivity index (χ2n) is 3.90. The molecule has 0 saturated heterocycles. The zero-order valence-corrected chi connectivity index (χ0v) is 10.2. The Morgan fingerprint density at radius 2 is 1.80 bits per heavy atom. The molecule has 2 aromatic rings. The monoisotopic (exact) mass is 279 g/mol. The van der Waals surface area contributed by atoms with Crippen molar-refractivity contribution >= 4 is 17.4 Å². The summed E-state index contributed by atoms with van der Waals surface area (Å²) in [6.07, 6.45) is 0. The molecule has 20 heavy (non-hydrogen) atoms. The Morgan fingerprint density at radius 1 is 1.15 bits per heavy atom. The van der Waals surface area contributed by atoms with E-state index in [0.29, 0.717) is 11.3 Å². The summed E-state index contributed by atoms with van der Waals surface area (Å²) in [6.45, 7) is -0.241. The lowest BCUT2D eigenvalue weighted by atomic mass is 10.2. The first-order chi connectivity index (χ1) is 9.58. The molecule has 0 radical (unpaired) electrons. The lowest BCUT2D eigenvalue weighted by Crippen LogP contribution is -2.20. The van der Waals surface area contributed by atoms with Gasteiger partial charge in [-0.25, -0.2) is 4.79 Å². The minimum atomic E-state index is -1.03. The molecule has 0 bridgehead atoms. The molecule has 5 nitrogen and oxygen atoms in total. The molecular weight excluding hydrogens is 268 g/mol. The van der Waals surface area contributed by atoms with Crippen molar-refractivity contribution in [3.8, 4) is 0 Å². The fourth-order valence-corrected chi connectivity index (χ4v) is 1.60. The number of para-hydroxylation sites is 1. The molecule has 1 aromatic heterocycles. The smallest absolute Gasteiger partial charge is 0.323 e. The number of nitrogens with zero attached hydrogens (tertiary/aromatic N) is 1. The average molecular weight is 279 g/mol. The quantitative estimate of drug-likeness (QED) is 0.756. The number of urea groups is 1. The van der Waals surface area contributed by atoms with Crippen LogP contribution in [0.1, 0.15) is 5.56 Å². The number of hydrogen-bond donors (Lipinski definition) is 3. The molecule has 0 aliphatic rings. The van der Waals surface area contributed by atoms with Crippen LogP contribution in [0.15, 0.2) is 36.4 Å². The van der Waals surface area contributed by atoms with E-state index in [2.05, 4.69) is 15.6 Å².